The van der Waals surface area contributed by atoms with E-state index in [1.54, 1.807) is 24.5 Å². The highest BCUT2D eigenvalue weighted by molar-refractivity contribution is 6.62. The van der Waals surface area contributed by atoms with Crippen molar-refractivity contribution in [2.75, 3.05) is 0 Å². The van der Waals surface area contributed by atoms with Crippen LogP contribution >= 0.6 is 0 Å². The average molecular weight is 324 g/mol. The standard InChI is InChI=1S/C18H21BN2O3/c1-17(2)18(3,4)24-19(23-17)13-9-12(10-21-11-13)14-7-5-6-8-15(14)16(20)22/h5-11H,1-4H3,(H2,20,22). The summed E-state index contributed by atoms with van der Waals surface area (Å²) in [4.78, 5) is 15.9. The molecule has 0 spiro atoms. The summed E-state index contributed by atoms with van der Waals surface area (Å²) >= 11 is 0. The summed E-state index contributed by atoms with van der Waals surface area (Å²) in [6.07, 6.45) is 3.43. The van der Waals surface area contributed by atoms with Crippen LogP contribution in [-0.2, 0) is 9.31 Å². The van der Waals surface area contributed by atoms with Crippen LogP contribution in [-0.4, -0.2) is 29.2 Å². The van der Waals surface area contributed by atoms with Gasteiger partial charge in [-0.2, -0.15) is 0 Å². The second-order valence-corrected chi connectivity index (χ2v) is 7.01. The summed E-state index contributed by atoms with van der Waals surface area (Å²) in [5.74, 6) is -0.466. The van der Waals surface area contributed by atoms with E-state index in [0.29, 0.717) is 5.56 Å². The van der Waals surface area contributed by atoms with Gasteiger partial charge in [0, 0.05) is 29.0 Å². The Kier molecular flexibility index (Phi) is 3.97. The van der Waals surface area contributed by atoms with Gasteiger partial charge in [-0.3, -0.25) is 9.78 Å². The van der Waals surface area contributed by atoms with Crippen LogP contribution < -0.4 is 11.2 Å². The molecule has 0 radical (unpaired) electrons. The zero-order valence-electron chi connectivity index (χ0n) is 14.4. The number of hydrogen-bond acceptors (Lipinski definition) is 4. The van der Waals surface area contributed by atoms with E-state index in [4.69, 9.17) is 15.0 Å². The smallest absolute Gasteiger partial charge is 0.399 e. The Morgan fingerprint density at radius 3 is 2.33 bits per heavy atom. The second kappa shape index (κ2) is 5.72. The molecule has 1 aliphatic heterocycles. The number of carbonyl (C=O) groups is 1. The molecule has 1 saturated heterocycles. The molecule has 2 heterocycles. The Bertz CT molecular complexity index is 773. The third kappa shape index (κ3) is 2.83. The van der Waals surface area contributed by atoms with Crippen molar-refractivity contribution >= 4 is 18.5 Å². The number of pyridine rings is 1. The van der Waals surface area contributed by atoms with E-state index in [2.05, 4.69) is 4.98 Å². The zero-order valence-corrected chi connectivity index (χ0v) is 14.4. The fourth-order valence-corrected chi connectivity index (χ4v) is 2.66. The van der Waals surface area contributed by atoms with Crippen molar-refractivity contribution in [3.05, 3.63) is 48.3 Å². The van der Waals surface area contributed by atoms with Crippen molar-refractivity contribution in [1.82, 2.24) is 4.98 Å². The number of rotatable bonds is 3. The molecule has 1 aromatic heterocycles. The van der Waals surface area contributed by atoms with Crippen molar-refractivity contribution in [3.63, 3.8) is 0 Å². The molecule has 1 amide bonds. The van der Waals surface area contributed by atoms with E-state index in [9.17, 15) is 4.79 Å². The molecule has 0 atom stereocenters. The zero-order chi connectivity index (χ0) is 17.5. The fraction of sp³-hybridized carbons (Fsp3) is 0.333. The largest absolute Gasteiger partial charge is 0.496 e. The van der Waals surface area contributed by atoms with Gasteiger partial charge in [0.15, 0.2) is 0 Å². The van der Waals surface area contributed by atoms with Gasteiger partial charge in [-0.15, -0.1) is 0 Å². The van der Waals surface area contributed by atoms with E-state index in [1.807, 2.05) is 45.9 Å². The molecule has 0 unspecified atom stereocenters. The first kappa shape index (κ1) is 16.7. The molecule has 0 aliphatic carbocycles. The minimum Gasteiger partial charge on any atom is -0.399 e. The maximum atomic E-state index is 11.7. The third-order valence-corrected chi connectivity index (χ3v) is 4.79. The van der Waals surface area contributed by atoms with Gasteiger partial charge in [0.05, 0.1) is 11.2 Å². The number of hydrogen-bond donors (Lipinski definition) is 1. The van der Waals surface area contributed by atoms with E-state index in [1.165, 1.54) is 0 Å². The molecule has 3 rings (SSSR count). The number of amides is 1. The highest BCUT2D eigenvalue weighted by Crippen LogP contribution is 2.36. The molecular formula is C18H21BN2O3. The molecule has 1 aromatic carbocycles. The Hall–Kier alpha value is -2.18. The molecule has 1 fully saturated rings. The third-order valence-electron chi connectivity index (χ3n) is 4.79. The summed E-state index contributed by atoms with van der Waals surface area (Å²) < 4.78 is 12.1. The van der Waals surface area contributed by atoms with Gasteiger partial charge >= 0.3 is 7.12 Å². The Labute approximate surface area is 142 Å². The number of nitrogens with two attached hydrogens (primary N) is 1. The molecule has 1 aliphatic rings. The van der Waals surface area contributed by atoms with Crippen LogP contribution in [0.5, 0.6) is 0 Å². The first-order valence-electron chi connectivity index (χ1n) is 7.91. The molecule has 124 valence electrons. The van der Waals surface area contributed by atoms with Crippen LogP contribution in [0, 0.1) is 0 Å². The molecular weight excluding hydrogens is 303 g/mol. The van der Waals surface area contributed by atoms with Crippen molar-refractivity contribution in [2.45, 2.75) is 38.9 Å². The Morgan fingerprint density at radius 1 is 1.08 bits per heavy atom. The SMILES string of the molecule is CC1(C)OB(c2cncc(-c3ccccc3C(N)=O)c2)OC1(C)C. The van der Waals surface area contributed by atoms with Crippen LogP contribution in [0.1, 0.15) is 38.1 Å². The second-order valence-electron chi connectivity index (χ2n) is 7.01. The van der Waals surface area contributed by atoms with Crippen LogP contribution in [0.15, 0.2) is 42.7 Å². The van der Waals surface area contributed by atoms with Gasteiger partial charge in [-0.1, -0.05) is 24.3 Å². The number of primary amides is 1. The lowest BCUT2D eigenvalue weighted by Crippen LogP contribution is -2.41. The summed E-state index contributed by atoms with van der Waals surface area (Å²) in [5.41, 5.74) is 7.46. The van der Waals surface area contributed by atoms with Gasteiger partial charge in [-0.25, -0.2) is 0 Å². The number of benzene rings is 1. The number of aromatic nitrogens is 1. The molecule has 2 N–H and O–H groups in total. The summed E-state index contributed by atoms with van der Waals surface area (Å²) in [6, 6.07) is 9.14. The quantitative estimate of drug-likeness (QED) is 0.878. The molecule has 0 saturated carbocycles. The molecule has 24 heavy (non-hydrogen) atoms. The minimum absolute atomic E-state index is 0.418. The van der Waals surface area contributed by atoms with Crippen molar-refractivity contribution in [1.29, 1.82) is 0 Å². The average Bonchev–Trinajstić information content (AvgIpc) is 2.75. The van der Waals surface area contributed by atoms with Gasteiger partial charge in [-0.05, 0) is 39.3 Å². The van der Waals surface area contributed by atoms with E-state index in [0.717, 1.165) is 16.6 Å². The van der Waals surface area contributed by atoms with Gasteiger partial charge < -0.3 is 15.0 Å². The molecule has 5 nitrogen and oxygen atoms in total. The highest BCUT2D eigenvalue weighted by Gasteiger charge is 2.51. The van der Waals surface area contributed by atoms with Crippen molar-refractivity contribution in [3.8, 4) is 11.1 Å². The lowest BCUT2D eigenvalue weighted by atomic mass is 9.79. The number of nitrogens with zero attached hydrogens (tertiary/aromatic N) is 1. The van der Waals surface area contributed by atoms with E-state index >= 15 is 0 Å². The van der Waals surface area contributed by atoms with Crippen LogP contribution in [0.25, 0.3) is 11.1 Å². The Balaban J connectivity index is 1.99. The van der Waals surface area contributed by atoms with E-state index in [-0.39, 0.29) is 0 Å². The van der Waals surface area contributed by atoms with Crippen LogP contribution in [0.4, 0.5) is 0 Å². The van der Waals surface area contributed by atoms with Crippen molar-refractivity contribution in [2.24, 2.45) is 5.73 Å². The summed E-state index contributed by atoms with van der Waals surface area (Å²) in [7, 11) is -0.497. The lowest BCUT2D eigenvalue weighted by molar-refractivity contribution is 0.00578. The van der Waals surface area contributed by atoms with Gasteiger partial charge in [0.1, 0.15) is 0 Å². The van der Waals surface area contributed by atoms with E-state index < -0.39 is 24.2 Å². The topological polar surface area (TPSA) is 74.4 Å². The monoisotopic (exact) mass is 324 g/mol. The maximum Gasteiger partial charge on any atom is 0.496 e. The van der Waals surface area contributed by atoms with Gasteiger partial charge in [0.25, 0.3) is 0 Å². The molecule has 0 bridgehead atoms. The molecule has 6 heteroatoms. The number of carbonyl (C=O) groups excluding carboxylic acids is 1. The van der Waals surface area contributed by atoms with Crippen molar-refractivity contribution < 1.29 is 14.1 Å². The predicted octanol–water partition coefficient (Wildman–Crippen LogP) is 2.15. The van der Waals surface area contributed by atoms with Crippen LogP contribution in [0.2, 0.25) is 0 Å². The first-order valence-corrected chi connectivity index (χ1v) is 7.91. The minimum atomic E-state index is -0.497. The van der Waals surface area contributed by atoms with Gasteiger partial charge in [0.2, 0.25) is 5.91 Å². The van der Waals surface area contributed by atoms with Crippen LogP contribution in [0.3, 0.4) is 0 Å². The fourth-order valence-electron chi connectivity index (χ4n) is 2.66. The predicted molar refractivity (Wildman–Crippen MR) is 93.9 cm³/mol. The maximum absolute atomic E-state index is 11.7. The Morgan fingerprint density at radius 2 is 1.71 bits per heavy atom. The normalized spacial score (nSPS) is 18.6. The highest BCUT2D eigenvalue weighted by atomic mass is 16.7. The summed E-state index contributed by atoms with van der Waals surface area (Å²) in [5, 5.41) is 0. The molecule has 2 aromatic rings. The summed E-state index contributed by atoms with van der Waals surface area (Å²) in [6.45, 7) is 8.03. The first-order chi connectivity index (χ1) is 11.2. The lowest BCUT2D eigenvalue weighted by Gasteiger charge is -2.32.